The molecule has 8 aromatic rings. The van der Waals surface area contributed by atoms with E-state index in [0.29, 0.717) is 54.6 Å². The van der Waals surface area contributed by atoms with E-state index in [0.717, 1.165) is 57.7 Å². The normalized spacial score (nSPS) is 13.0. The van der Waals surface area contributed by atoms with Crippen molar-refractivity contribution < 1.29 is 65.9 Å². The fourth-order valence-corrected chi connectivity index (χ4v) is 7.74. The minimum atomic E-state index is -5.23. The highest BCUT2D eigenvalue weighted by Gasteiger charge is 2.39. The molecule has 0 spiro atoms. The van der Waals surface area contributed by atoms with Gasteiger partial charge in [-0.25, -0.2) is 0 Å². The van der Waals surface area contributed by atoms with Crippen LogP contribution in [-0.4, -0.2) is 9.13 Å². The third-order valence-electron chi connectivity index (χ3n) is 10.3. The Morgan fingerprint density at radius 1 is 0.403 bits per heavy atom. The molecule has 0 bridgehead atoms. The van der Waals surface area contributed by atoms with Gasteiger partial charge in [0, 0.05) is 32.7 Å². The highest BCUT2D eigenvalue weighted by atomic mass is 19.4. The zero-order valence-electron chi connectivity index (χ0n) is 30.3. The molecule has 8 rings (SSSR count). The summed E-state index contributed by atoms with van der Waals surface area (Å²) >= 11 is 0. The zero-order valence-corrected chi connectivity index (χ0v) is 30.3. The van der Waals surface area contributed by atoms with E-state index in [2.05, 4.69) is 0 Å². The predicted molar refractivity (Wildman–Crippen MR) is 195 cm³/mol. The fourth-order valence-electron chi connectivity index (χ4n) is 7.74. The van der Waals surface area contributed by atoms with Crippen molar-refractivity contribution in [1.82, 2.24) is 9.13 Å². The first kappa shape index (κ1) is 41.6. The van der Waals surface area contributed by atoms with Crippen LogP contribution in [0.15, 0.2) is 103 Å². The predicted octanol–water partition coefficient (Wildman–Crippen LogP) is 14.4. The van der Waals surface area contributed by atoms with Crippen molar-refractivity contribution in [3.8, 4) is 34.6 Å². The van der Waals surface area contributed by atoms with Crippen molar-refractivity contribution in [3.63, 3.8) is 0 Å². The molecule has 0 radical (unpaired) electrons. The standard InChI is InChI=1S/C43H17F15N4/c44-39(45,46)21-4-9-32-26(14-21)27-15-22(40(47,48)49)5-10-33(27)61(32)36-13-8-25(37-20(18-59)2-1-3-31(37)43(56,57)58)38(30(36)19-60)62-34-11-6-23(41(50,51)52)16-28(34)29-17-24(42(53,54)55)7-12-35(29)62/h1-17H. The second kappa shape index (κ2) is 13.7. The Hall–Kier alpha value is -7.15. The highest BCUT2D eigenvalue weighted by molar-refractivity contribution is 6.12. The molecule has 0 saturated carbocycles. The van der Waals surface area contributed by atoms with Gasteiger partial charge in [0.2, 0.25) is 0 Å². The molecule has 62 heavy (non-hydrogen) atoms. The van der Waals surface area contributed by atoms with Gasteiger partial charge in [0.1, 0.15) is 11.6 Å². The van der Waals surface area contributed by atoms with E-state index in [9.17, 15) is 76.4 Å². The lowest BCUT2D eigenvalue weighted by atomic mass is 9.90. The molecule has 6 aromatic carbocycles. The summed E-state index contributed by atoms with van der Waals surface area (Å²) in [6.07, 6.45) is -25.4. The van der Waals surface area contributed by atoms with Gasteiger partial charge in [-0.3, -0.25) is 0 Å². The quantitative estimate of drug-likeness (QED) is 0.166. The lowest BCUT2D eigenvalue weighted by Crippen LogP contribution is -2.12. The minimum Gasteiger partial charge on any atom is -0.308 e. The lowest BCUT2D eigenvalue weighted by Gasteiger charge is -2.22. The second-order valence-electron chi connectivity index (χ2n) is 13.9. The van der Waals surface area contributed by atoms with Crippen LogP contribution in [0.4, 0.5) is 65.9 Å². The van der Waals surface area contributed by atoms with E-state index >= 15 is 0 Å². The van der Waals surface area contributed by atoms with Gasteiger partial charge in [-0.15, -0.1) is 0 Å². The van der Waals surface area contributed by atoms with Crippen LogP contribution in [0.25, 0.3) is 66.1 Å². The second-order valence-corrected chi connectivity index (χ2v) is 13.9. The third kappa shape index (κ3) is 6.68. The molecule has 2 aromatic heterocycles. The van der Waals surface area contributed by atoms with Crippen LogP contribution >= 0.6 is 0 Å². The maximum Gasteiger partial charge on any atom is 0.417 e. The molecule has 314 valence electrons. The summed E-state index contributed by atoms with van der Waals surface area (Å²) in [7, 11) is 0. The maximum atomic E-state index is 14.9. The van der Waals surface area contributed by atoms with Crippen molar-refractivity contribution in [3.05, 3.63) is 142 Å². The van der Waals surface area contributed by atoms with Gasteiger partial charge >= 0.3 is 30.9 Å². The Kier molecular flexibility index (Phi) is 9.18. The van der Waals surface area contributed by atoms with Gasteiger partial charge in [0.25, 0.3) is 0 Å². The summed E-state index contributed by atoms with van der Waals surface area (Å²) in [4.78, 5) is 0. The molecule has 0 aliphatic rings. The first-order chi connectivity index (χ1) is 28.8. The molecule has 0 amide bonds. The number of aromatic nitrogens is 2. The number of nitrogens with zero attached hydrogens (tertiary/aromatic N) is 4. The van der Waals surface area contributed by atoms with Gasteiger partial charge < -0.3 is 9.13 Å². The molecule has 0 aliphatic carbocycles. The van der Waals surface area contributed by atoms with Gasteiger partial charge in [-0.05, 0) is 91.0 Å². The Morgan fingerprint density at radius 3 is 1.13 bits per heavy atom. The summed E-state index contributed by atoms with van der Waals surface area (Å²) in [5.74, 6) is 0. The smallest absolute Gasteiger partial charge is 0.308 e. The average molecular weight is 875 g/mol. The average Bonchev–Trinajstić information content (AvgIpc) is 3.69. The van der Waals surface area contributed by atoms with E-state index in [1.807, 2.05) is 6.07 Å². The molecule has 0 atom stereocenters. The van der Waals surface area contributed by atoms with Crippen LogP contribution < -0.4 is 0 Å². The summed E-state index contributed by atoms with van der Waals surface area (Å²) in [5.41, 5.74) is -11.8. The largest absolute Gasteiger partial charge is 0.417 e. The molecule has 0 unspecified atom stereocenters. The molecule has 0 saturated heterocycles. The van der Waals surface area contributed by atoms with Crippen LogP contribution in [-0.2, 0) is 30.9 Å². The number of nitriles is 2. The minimum absolute atomic E-state index is 0.247. The van der Waals surface area contributed by atoms with Crippen molar-refractivity contribution in [2.24, 2.45) is 0 Å². The van der Waals surface area contributed by atoms with E-state index in [-0.39, 0.29) is 22.1 Å². The molecule has 0 aliphatic heterocycles. The number of fused-ring (bicyclic) bond motifs is 6. The van der Waals surface area contributed by atoms with Crippen molar-refractivity contribution >= 4 is 43.6 Å². The third-order valence-corrected chi connectivity index (χ3v) is 10.3. The van der Waals surface area contributed by atoms with Crippen LogP contribution in [0.5, 0.6) is 0 Å². The molecule has 19 heteroatoms. The molecule has 0 N–H and O–H groups in total. The number of benzene rings is 6. The maximum absolute atomic E-state index is 14.9. The van der Waals surface area contributed by atoms with Gasteiger partial charge in [0.15, 0.2) is 0 Å². The van der Waals surface area contributed by atoms with E-state index < -0.39 is 114 Å². The Morgan fingerprint density at radius 2 is 0.790 bits per heavy atom. The van der Waals surface area contributed by atoms with Crippen LogP contribution in [0.3, 0.4) is 0 Å². The van der Waals surface area contributed by atoms with E-state index in [4.69, 9.17) is 0 Å². The molecule has 4 nitrogen and oxygen atoms in total. The van der Waals surface area contributed by atoms with Crippen molar-refractivity contribution in [2.75, 3.05) is 0 Å². The number of rotatable bonds is 3. The first-order valence-electron chi connectivity index (χ1n) is 17.5. The number of hydrogen-bond acceptors (Lipinski definition) is 2. The monoisotopic (exact) mass is 874 g/mol. The van der Waals surface area contributed by atoms with E-state index in [1.54, 1.807) is 6.07 Å². The summed E-state index contributed by atoms with van der Waals surface area (Å²) in [6, 6.07) is 15.6. The zero-order chi connectivity index (χ0) is 45.1. The number of alkyl halides is 15. The Labute approximate surface area is 336 Å². The van der Waals surface area contributed by atoms with Gasteiger partial charge in [0.05, 0.1) is 72.9 Å². The molecule has 0 fully saturated rings. The van der Waals surface area contributed by atoms with Gasteiger partial charge in [-0.1, -0.05) is 12.1 Å². The highest BCUT2D eigenvalue weighted by Crippen LogP contribution is 2.48. The number of halogens is 15. The summed E-state index contributed by atoms with van der Waals surface area (Å²) < 4.78 is 215. The van der Waals surface area contributed by atoms with Crippen molar-refractivity contribution in [1.29, 1.82) is 10.5 Å². The van der Waals surface area contributed by atoms with Gasteiger partial charge in [-0.2, -0.15) is 76.4 Å². The van der Waals surface area contributed by atoms with Crippen LogP contribution in [0.1, 0.15) is 38.9 Å². The lowest BCUT2D eigenvalue weighted by molar-refractivity contribution is -0.138. The first-order valence-corrected chi connectivity index (χ1v) is 17.5. The molecule has 2 heterocycles. The van der Waals surface area contributed by atoms with Crippen molar-refractivity contribution in [2.45, 2.75) is 30.9 Å². The number of hydrogen-bond donors (Lipinski definition) is 0. The van der Waals surface area contributed by atoms with Crippen LogP contribution in [0.2, 0.25) is 0 Å². The topological polar surface area (TPSA) is 57.4 Å². The fraction of sp³-hybridized carbons (Fsp3) is 0.116. The molecular weight excluding hydrogens is 857 g/mol. The van der Waals surface area contributed by atoms with Crippen LogP contribution in [0, 0.1) is 22.7 Å². The SMILES string of the molecule is N#Cc1cccc(C(F)(F)F)c1-c1ccc(-n2c3ccc(C(F)(F)F)cc3c3cc(C(F)(F)F)ccc32)c(C#N)c1-n1c2ccc(C(F)(F)F)cc2c2cc(C(F)(F)F)ccc21. The Bertz CT molecular complexity index is 3110. The summed E-state index contributed by atoms with van der Waals surface area (Å²) in [6.45, 7) is 0. The Balaban J connectivity index is 1.61. The summed E-state index contributed by atoms with van der Waals surface area (Å²) in [5, 5.41) is 19.3. The molecular formula is C43H17F15N4. The van der Waals surface area contributed by atoms with E-state index in [1.165, 1.54) is 0 Å².